The van der Waals surface area contributed by atoms with Crippen LogP contribution in [0.2, 0.25) is 0 Å². The van der Waals surface area contributed by atoms with Crippen LogP contribution in [0.3, 0.4) is 0 Å². The number of amides is 1. The number of hydrogen-bond donors (Lipinski definition) is 1. The maximum atomic E-state index is 12.4. The summed E-state index contributed by atoms with van der Waals surface area (Å²) in [5.74, 6) is 0.0588. The Morgan fingerprint density at radius 3 is 2.71 bits per heavy atom. The Hall–Kier alpha value is -1.92. The van der Waals surface area contributed by atoms with Crippen LogP contribution in [0, 0.1) is 0 Å². The molecule has 110 valence electrons. The zero-order valence-corrected chi connectivity index (χ0v) is 12.6. The SMILES string of the molecule is Nc1ccsc1C(=O)N1CCN(Cc2cccnc2)CC1. The zero-order valence-electron chi connectivity index (χ0n) is 11.7. The van der Waals surface area contributed by atoms with Gasteiger partial charge in [-0.05, 0) is 23.1 Å². The molecule has 0 unspecified atom stereocenters. The van der Waals surface area contributed by atoms with Gasteiger partial charge in [0.05, 0.1) is 5.69 Å². The molecule has 2 N–H and O–H groups in total. The van der Waals surface area contributed by atoms with Crippen molar-refractivity contribution in [2.24, 2.45) is 0 Å². The predicted molar refractivity (Wildman–Crippen MR) is 84.1 cm³/mol. The third-order valence-electron chi connectivity index (χ3n) is 3.68. The third kappa shape index (κ3) is 3.22. The number of thiophene rings is 1. The highest BCUT2D eigenvalue weighted by molar-refractivity contribution is 7.12. The summed E-state index contributed by atoms with van der Waals surface area (Å²) in [6.07, 6.45) is 3.68. The van der Waals surface area contributed by atoms with Crippen LogP contribution in [0.15, 0.2) is 36.0 Å². The lowest BCUT2D eigenvalue weighted by Crippen LogP contribution is -2.48. The molecule has 0 aliphatic carbocycles. The van der Waals surface area contributed by atoms with Crippen molar-refractivity contribution in [3.63, 3.8) is 0 Å². The molecule has 21 heavy (non-hydrogen) atoms. The van der Waals surface area contributed by atoms with Crippen molar-refractivity contribution < 1.29 is 4.79 Å². The van der Waals surface area contributed by atoms with Gasteiger partial charge in [-0.25, -0.2) is 0 Å². The van der Waals surface area contributed by atoms with E-state index in [-0.39, 0.29) is 5.91 Å². The maximum absolute atomic E-state index is 12.4. The number of aromatic nitrogens is 1. The Bertz CT molecular complexity index is 605. The van der Waals surface area contributed by atoms with Gasteiger partial charge in [0.15, 0.2) is 0 Å². The lowest BCUT2D eigenvalue weighted by atomic mass is 10.2. The van der Waals surface area contributed by atoms with E-state index in [1.165, 1.54) is 16.9 Å². The van der Waals surface area contributed by atoms with Gasteiger partial charge in [0.25, 0.3) is 5.91 Å². The second kappa shape index (κ2) is 6.24. The van der Waals surface area contributed by atoms with Gasteiger partial charge >= 0.3 is 0 Å². The third-order valence-corrected chi connectivity index (χ3v) is 4.60. The Morgan fingerprint density at radius 1 is 1.29 bits per heavy atom. The average molecular weight is 302 g/mol. The van der Waals surface area contributed by atoms with Crippen LogP contribution < -0.4 is 5.73 Å². The van der Waals surface area contributed by atoms with Crippen molar-refractivity contribution in [1.82, 2.24) is 14.8 Å². The van der Waals surface area contributed by atoms with Crippen molar-refractivity contribution in [2.75, 3.05) is 31.9 Å². The molecule has 1 aliphatic heterocycles. The van der Waals surface area contributed by atoms with E-state index < -0.39 is 0 Å². The lowest BCUT2D eigenvalue weighted by molar-refractivity contribution is 0.0634. The predicted octanol–water partition coefficient (Wildman–Crippen LogP) is 1.68. The summed E-state index contributed by atoms with van der Waals surface area (Å²) in [6, 6.07) is 5.82. The van der Waals surface area contributed by atoms with E-state index in [0.717, 1.165) is 32.7 Å². The highest BCUT2D eigenvalue weighted by Crippen LogP contribution is 2.21. The highest BCUT2D eigenvalue weighted by atomic mass is 32.1. The Balaban J connectivity index is 1.56. The van der Waals surface area contributed by atoms with Crippen LogP contribution in [0.1, 0.15) is 15.2 Å². The van der Waals surface area contributed by atoms with Crippen LogP contribution in [0.4, 0.5) is 5.69 Å². The normalized spacial score (nSPS) is 16.1. The second-order valence-electron chi connectivity index (χ2n) is 5.13. The van der Waals surface area contributed by atoms with Crippen LogP contribution in [-0.4, -0.2) is 46.9 Å². The number of nitrogens with two attached hydrogens (primary N) is 1. The molecule has 3 heterocycles. The summed E-state index contributed by atoms with van der Waals surface area (Å²) >= 11 is 1.42. The Kier molecular flexibility index (Phi) is 4.17. The monoisotopic (exact) mass is 302 g/mol. The van der Waals surface area contributed by atoms with E-state index in [0.29, 0.717) is 10.6 Å². The number of carbonyl (C=O) groups excluding carboxylic acids is 1. The molecule has 0 atom stereocenters. The number of nitrogen functional groups attached to an aromatic ring is 1. The summed E-state index contributed by atoms with van der Waals surface area (Å²) in [7, 11) is 0. The first-order chi connectivity index (χ1) is 10.2. The fourth-order valence-electron chi connectivity index (χ4n) is 2.50. The smallest absolute Gasteiger partial charge is 0.266 e. The standard InChI is InChI=1S/C15H18N4OS/c16-13-3-9-21-14(13)15(20)19-7-5-18(6-8-19)11-12-2-1-4-17-10-12/h1-4,9-10H,5-8,11,16H2. The minimum Gasteiger partial charge on any atom is -0.397 e. The number of carbonyl (C=O) groups is 1. The van der Waals surface area contributed by atoms with Gasteiger partial charge in [-0.15, -0.1) is 11.3 Å². The average Bonchev–Trinajstić information content (AvgIpc) is 2.94. The molecule has 6 heteroatoms. The van der Waals surface area contributed by atoms with Gasteiger partial charge < -0.3 is 10.6 Å². The molecule has 0 radical (unpaired) electrons. The number of rotatable bonds is 3. The van der Waals surface area contributed by atoms with Crippen molar-refractivity contribution in [2.45, 2.75) is 6.54 Å². The molecule has 0 aromatic carbocycles. The first kappa shape index (κ1) is 14.0. The molecule has 5 nitrogen and oxygen atoms in total. The van der Waals surface area contributed by atoms with Crippen molar-refractivity contribution in [1.29, 1.82) is 0 Å². The number of hydrogen-bond acceptors (Lipinski definition) is 5. The summed E-state index contributed by atoms with van der Waals surface area (Å²) in [5, 5.41) is 1.86. The minimum absolute atomic E-state index is 0.0588. The summed E-state index contributed by atoms with van der Waals surface area (Å²) in [5.41, 5.74) is 7.62. The molecule has 2 aromatic heterocycles. The van der Waals surface area contributed by atoms with Gasteiger partial charge in [-0.3, -0.25) is 14.7 Å². The molecule has 2 aromatic rings. The largest absolute Gasteiger partial charge is 0.397 e. The topological polar surface area (TPSA) is 62.5 Å². The van der Waals surface area contributed by atoms with E-state index in [2.05, 4.69) is 16.0 Å². The zero-order chi connectivity index (χ0) is 14.7. The molecule has 0 saturated carbocycles. The van der Waals surface area contributed by atoms with Crippen molar-refractivity contribution >= 4 is 22.9 Å². The number of nitrogens with zero attached hydrogens (tertiary/aromatic N) is 3. The Labute approximate surface area is 128 Å². The fourth-order valence-corrected chi connectivity index (χ4v) is 3.28. The van der Waals surface area contributed by atoms with Crippen molar-refractivity contribution in [3.05, 3.63) is 46.4 Å². The second-order valence-corrected chi connectivity index (χ2v) is 6.05. The van der Waals surface area contributed by atoms with Crippen molar-refractivity contribution in [3.8, 4) is 0 Å². The summed E-state index contributed by atoms with van der Waals surface area (Å²) in [6.45, 7) is 4.14. The minimum atomic E-state index is 0.0588. The van der Waals surface area contributed by atoms with Gasteiger partial charge in [-0.1, -0.05) is 6.07 Å². The quantitative estimate of drug-likeness (QED) is 0.937. The number of pyridine rings is 1. The van der Waals surface area contributed by atoms with Gasteiger partial charge in [0, 0.05) is 45.1 Å². The highest BCUT2D eigenvalue weighted by Gasteiger charge is 2.24. The number of piperazine rings is 1. The van der Waals surface area contributed by atoms with Crippen LogP contribution in [0.25, 0.3) is 0 Å². The van der Waals surface area contributed by atoms with E-state index in [4.69, 9.17) is 5.73 Å². The maximum Gasteiger partial charge on any atom is 0.266 e. The lowest BCUT2D eigenvalue weighted by Gasteiger charge is -2.34. The fraction of sp³-hybridized carbons (Fsp3) is 0.333. The van der Waals surface area contributed by atoms with Crippen LogP contribution in [-0.2, 0) is 6.54 Å². The molecular formula is C15H18N4OS. The van der Waals surface area contributed by atoms with Crippen LogP contribution in [0.5, 0.6) is 0 Å². The molecule has 0 spiro atoms. The molecule has 1 aliphatic rings. The van der Waals surface area contributed by atoms with E-state index in [1.54, 1.807) is 12.3 Å². The van der Waals surface area contributed by atoms with E-state index >= 15 is 0 Å². The molecule has 0 bridgehead atoms. The molecule has 1 fully saturated rings. The van der Waals surface area contributed by atoms with Gasteiger partial charge in [0.1, 0.15) is 4.88 Å². The summed E-state index contributed by atoms with van der Waals surface area (Å²) in [4.78, 5) is 21.4. The molecular weight excluding hydrogens is 284 g/mol. The molecule has 1 amide bonds. The first-order valence-electron chi connectivity index (χ1n) is 6.97. The van der Waals surface area contributed by atoms with E-state index in [9.17, 15) is 4.79 Å². The Morgan fingerprint density at radius 2 is 2.10 bits per heavy atom. The first-order valence-corrected chi connectivity index (χ1v) is 7.85. The molecule has 1 saturated heterocycles. The number of anilines is 1. The van der Waals surface area contributed by atoms with Crippen LogP contribution >= 0.6 is 11.3 Å². The van der Waals surface area contributed by atoms with Gasteiger partial charge in [-0.2, -0.15) is 0 Å². The molecule has 3 rings (SSSR count). The van der Waals surface area contributed by atoms with E-state index in [1.807, 2.05) is 22.5 Å². The summed E-state index contributed by atoms with van der Waals surface area (Å²) < 4.78 is 0. The van der Waals surface area contributed by atoms with Gasteiger partial charge in [0.2, 0.25) is 0 Å².